The molecular weight excluding hydrogens is 767 g/mol. The van der Waals surface area contributed by atoms with Gasteiger partial charge in [0, 0.05) is 12.8 Å². The highest BCUT2D eigenvalue weighted by molar-refractivity contribution is 7.47. The molecule has 0 fully saturated rings. The number of carbonyl (C=O) groups is 2. The number of hydrogen-bond acceptors (Lipinski definition) is 9. The van der Waals surface area contributed by atoms with Crippen molar-refractivity contribution in [3.8, 4) is 0 Å². The van der Waals surface area contributed by atoms with Crippen molar-refractivity contribution in [2.75, 3.05) is 26.4 Å². The summed E-state index contributed by atoms with van der Waals surface area (Å²) in [5.74, 6) is -1.02. The van der Waals surface area contributed by atoms with Gasteiger partial charge in [0.2, 0.25) is 0 Å². The molecule has 0 saturated carbocycles. The Morgan fingerprint density at radius 2 is 0.746 bits per heavy atom. The predicted molar refractivity (Wildman–Crippen MR) is 242 cm³/mol. The molecule has 0 aromatic heterocycles. The number of ether oxygens (including phenoxy) is 2. The molecule has 0 radical (unpaired) electrons. The molecule has 0 aliphatic rings. The fourth-order valence-electron chi connectivity index (χ4n) is 6.91. The Balaban J connectivity index is 3.85. The Kier molecular flexibility index (Phi) is 43.3. The molecule has 0 aliphatic carbocycles. The molecule has 0 saturated heterocycles. The van der Waals surface area contributed by atoms with E-state index in [1.165, 1.54) is 135 Å². The van der Waals surface area contributed by atoms with Crippen LogP contribution in [0.15, 0.2) is 24.3 Å². The number of unbranched alkanes of at least 4 members (excludes halogenated alkanes) is 28. The van der Waals surface area contributed by atoms with Gasteiger partial charge < -0.3 is 24.6 Å². The molecule has 0 bridgehead atoms. The molecule has 10 nitrogen and oxygen atoms in total. The minimum Gasteiger partial charge on any atom is -0.457 e. The zero-order valence-electron chi connectivity index (χ0n) is 38.0. The second-order valence-corrected chi connectivity index (χ2v) is 17.9. The Morgan fingerprint density at radius 3 is 1.07 bits per heavy atom. The van der Waals surface area contributed by atoms with Crippen LogP contribution in [0.25, 0.3) is 0 Å². The van der Waals surface area contributed by atoms with Gasteiger partial charge in [0.25, 0.3) is 0 Å². The standard InChI is InChI=1S/C48H91O10P/c1-3-5-7-9-11-13-15-17-19-21-22-23-24-26-28-30-32-34-36-38-40-48(52)58-46(42-50)44-56-59(53,54)55-43-45(41-49)57-47(51)39-37-35-33-31-29-27-25-20-18-16-14-12-10-8-6-4-2/h14,16,20,25,45-46,49-50H,3-13,15,17-19,21-24,26-44H2,1-2H3,(H,53,54)/b16-14-,25-20-. The van der Waals surface area contributed by atoms with Gasteiger partial charge in [-0.1, -0.05) is 199 Å². The van der Waals surface area contributed by atoms with E-state index in [1.54, 1.807) is 0 Å². The lowest BCUT2D eigenvalue weighted by Crippen LogP contribution is -2.28. The minimum absolute atomic E-state index is 0.178. The highest BCUT2D eigenvalue weighted by Gasteiger charge is 2.27. The van der Waals surface area contributed by atoms with E-state index in [0.717, 1.165) is 57.8 Å². The van der Waals surface area contributed by atoms with Crippen LogP contribution in [-0.4, -0.2) is 65.7 Å². The lowest BCUT2D eigenvalue weighted by Gasteiger charge is -2.20. The van der Waals surface area contributed by atoms with E-state index in [1.807, 2.05) is 0 Å². The van der Waals surface area contributed by atoms with Gasteiger partial charge in [-0.05, 0) is 44.9 Å². The predicted octanol–water partition coefficient (Wildman–Crippen LogP) is 13.3. The summed E-state index contributed by atoms with van der Waals surface area (Å²) < 4.78 is 32.7. The monoisotopic (exact) mass is 859 g/mol. The average Bonchev–Trinajstić information content (AvgIpc) is 3.22. The van der Waals surface area contributed by atoms with E-state index in [9.17, 15) is 29.3 Å². The smallest absolute Gasteiger partial charge is 0.457 e. The summed E-state index contributed by atoms with van der Waals surface area (Å²) in [5.41, 5.74) is 0. The highest BCUT2D eigenvalue weighted by Crippen LogP contribution is 2.43. The van der Waals surface area contributed by atoms with E-state index >= 15 is 0 Å². The summed E-state index contributed by atoms with van der Waals surface area (Å²) in [7, 11) is -4.64. The van der Waals surface area contributed by atoms with Crippen LogP contribution in [0, 0.1) is 0 Å². The van der Waals surface area contributed by atoms with Crippen molar-refractivity contribution in [2.24, 2.45) is 0 Å². The quantitative estimate of drug-likeness (QED) is 0.0234. The third-order valence-corrected chi connectivity index (χ3v) is 11.6. The number of carbonyl (C=O) groups excluding carboxylic acids is 2. The molecule has 0 rings (SSSR count). The van der Waals surface area contributed by atoms with Crippen molar-refractivity contribution >= 4 is 19.8 Å². The van der Waals surface area contributed by atoms with Crippen LogP contribution in [0.2, 0.25) is 0 Å². The Bertz CT molecular complexity index is 1040. The molecule has 3 unspecified atom stereocenters. The first-order valence-corrected chi connectivity index (χ1v) is 25.8. The van der Waals surface area contributed by atoms with Crippen molar-refractivity contribution in [3.05, 3.63) is 24.3 Å². The molecule has 0 aliphatic heterocycles. The van der Waals surface area contributed by atoms with Crippen LogP contribution in [0.1, 0.15) is 232 Å². The lowest BCUT2D eigenvalue weighted by atomic mass is 10.0. The number of rotatable bonds is 46. The molecule has 0 aromatic carbocycles. The molecule has 11 heteroatoms. The van der Waals surface area contributed by atoms with Crippen LogP contribution in [-0.2, 0) is 32.7 Å². The number of aliphatic hydroxyl groups excluding tert-OH is 2. The van der Waals surface area contributed by atoms with E-state index in [-0.39, 0.29) is 12.8 Å². The number of allylic oxidation sites excluding steroid dienone is 4. The summed E-state index contributed by atoms with van der Waals surface area (Å²) in [4.78, 5) is 34.6. The first-order chi connectivity index (χ1) is 28.8. The van der Waals surface area contributed by atoms with Gasteiger partial charge in [-0.15, -0.1) is 0 Å². The van der Waals surface area contributed by atoms with Crippen molar-refractivity contribution in [1.82, 2.24) is 0 Å². The fraction of sp³-hybridized carbons (Fsp3) is 0.875. The zero-order valence-corrected chi connectivity index (χ0v) is 38.9. The molecule has 0 aromatic rings. The van der Waals surface area contributed by atoms with Crippen LogP contribution in [0.5, 0.6) is 0 Å². The Morgan fingerprint density at radius 1 is 0.458 bits per heavy atom. The summed E-state index contributed by atoms with van der Waals surface area (Å²) in [6, 6.07) is 0. The normalized spacial score (nSPS) is 13.9. The fourth-order valence-corrected chi connectivity index (χ4v) is 7.70. The molecule has 0 heterocycles. The first kappa shape index (κ1) is 57.4. The van der Waals surface area contributed by atoms with E-state index < -0.39 is 58.4 Å². The van der Waals surface area contributed by atoms with Crippen LogP contribution >= 0.6 is 7.82 Å². The van der Waals surface area contributed by atoms with Gasteiger partial charge >= 0.3 is 19.8 Å². The number of aliphatic hydroxyl groups is 2. The minimum atomic E-state index is -4.64. The maximum atomic E-state index is 12.4. The second kappa shape index (κ2) is 44.5. The highest BCUT2D eigenvalue weighted by atomic mass is 31.2. The van der Waals surface area contributed by atoms with Gasteiger partial charge in [-0.25, -0.2) is 4.57 Å². The second-order valence-electron chi connectivity index (χ2n) is 16.5. The van der Waals surface area contributed by atoms with Gasteiger partial charge in [0.1, 0.15) is 12.2 Å². The zero-order chi connectivity index (χ0) is 43.3. The van der Waals surface area contributed by atoms with Crippen LogP contribution in [0.4, 0.5) is 0 Å². The number of phosphoric ester groups is 1. The van der Waals surface area contributed by atoms with E-state index in [4.69, 9.17) is 18.5 Å². The van der Waals surface area contributed by atoms with Crippen molar-refractivity contribution in [3.63, 3.8) is 0 Å². The molecular formula is C48H91O10P. The van der Waals surface area contributed by atoms with Crippen molar-refractivity contribution in [1.29, 1.82) is 0 Å². The van der Waals surface area contributed by atoms with Crippen molar-refractivity contribution < 1.29 is 47.8 Å². The molecule has 348 valence electrons. The molecule has 0 amide bonds. The number of esters is 2. The molecule has 59 heavy (non-hydrogen) atoms. The third kappa shape index (κ3) is 42.9. The SMILES string of the molecule is CCCCCC/C=C\C/C=C\CCCCCCCC(=O)OC(CO)COP(=O)(O)OCC(CO)OC(=O)CCCCCCCCCCCCCCCCCCCCCC. The van der Waals surface area contributed by atoms with Crippen LogP contribution in [0.3, 0.4) is 0 Å². The number of phosphoric acid groups is 1. The van der Waals surface area contributed by atoms with Gasteiger partial charge in [0.05, 0.1) is 26.4 Å². The molecule has 0 spiro atoms. The van der Waals surface area contributed by atoms with Crippen LogP contribution < -0.4 is 0 Å². The largest absolute Gasteiger partial charge is 0.472 e. The maximum absolute atomic E-state index is 12.4. The lowest BCUT2D eigenvalue weighted by molar-refractivity contribution is -0.153. The Hall–Kier alpha value is -1.55. The third-order valence-electron chi connectivity index (χ3n) is 10.7. The van der Waals surface area contributed by atoms with Gasteiger partial charge in [0.15, 0.2) is 0 Å². The average molecular weight is 859 g/mol. The molecule has 3 atom stereocenters. The summed E-state index contributed by atoms with van der Waals surface area (Å²) in [6.45, 7) is 2.21. The topological polar surface area (TPSA) is 149 Å². The first-order valence-electron chi connectivity index (χ1n) is 24.3. The van der Waals surface area contributed by atoms with Gasteiger partial charge in [-0.2, -0.15) is 0 Å². The van der Waals surface area contributed by atoms with E-state index in [0.29, 0.717) is 12.8 Å². The summed E-state index contributed by atoms with van der Waals surface area (Å²) in [6.07, 6.45) is 45.8. The number of hydrogen-bond donors (Lipinski definition) is 3. The van der Waals surface area contributed by atoms with E-state index in [2.05, 4.69) is 38.2 Å². The van der Waals surface area contributed by atoms with Gasteiger partial charge in [-0.3, -0.25) is 18.6 Å². The molecule has 3 N–H and O–H groups in total. The Labute approximate surface area is 361 Å². The maximum Gasteiger partial charge on any atom is 0.472 e. The summed E-state index contributed by atoms with van der Waals surface area (Å²) >= 11 is 0. The van der Waals surface area contributed by atoms with Crippen molar-refractivity contribution in [2.45, 2.75) is 244 Å². The summed E-state index contributed by atoms with van der Waals surface area (Å²) in [5, 5.41) is 19.2.